The van der Waals surface area contributed by atoms with Crippen molar-refractivity contribution in [2.75, 3.05) is 12.3 Å². The van der Waals surface area contributed by atoms with Crippen LogP contribution >= 0.6 is 0 Å². The molecule has 4 N–H and O–H groups in total. The van der Waals surface area contributed by atoms with Gasteiger partial charge in [-0.15, -0.1) is 5.10 Å². The summed E-state index contributed by atoms with van der Waals surface area (Å²) in [4.78, 5) is 4.37. The quantitative estimate of drug-likeness (QED) is 0.211. The fourth-order valence-corrected chi connectivity index (χ4v) is 6.45. The summed E-state index contributed by atoms with van der Waals surface area (Å²) in [6.45, 7) is 0.893. The van der Waals surface area contributed by atoms with Gasteiger partial charge in [0.15, 0.2) is 0 Å². The lowest BCUT2D eigenvalue weighted by Gasteiger charge is -2.42. The molecule has 1 unspecified atom stereocenters. The first-order chi connectivity index (χ1) is 19.2. The van der Waals surface area contributed by atoms with E-state index in [0.717, 1.165) is 43.3 Å². The molecule has 1 aliphatic rings. The molecule has 0 aliphatic heterocycles. The molecule has 39 heavy (non-hydrogen) atoms. The molecule has 3 aromatic carbocycles. The van der Waals surface area contributed by atoms with E-state index >= 15 is 0 Å². The van der Waals surface area contributed by atoms with Gasteiger partial charge < -0.3 is 11.1 Å². The molecule has 1 atom stereocenters. The van der Waals surface area contributed by atoms with E-state index in [2.05, 4.69) is 117 Å². The molecule has 198 valence electrons. The van der Waals surface area contributed by atoms with Crippen LogP contribution in [0.1, 0.15) is 66.2 Å². The second kappa shape index (κ2) is 11.4. The van der Waals surface area contributed by atoms with E-state index in [0.29, 0.717) is 17.4 Å². The lowest BCUT2D eigenvalue weighted by Crippen LogP contribution is -2.50. The lowest BCUT2D eigenvalue weighted by atomic mass is 9.71. The molecule has 2 heterocycles. The van der Waals surface area contributed by atoms with Crippen LogP contribution in [0, 0.1) is 0 Å². The van der Waals surface area contributed by atoms with Crippen molar-refractivity contribution in [1.29, 1.82) is 0 Å². The minimum absolute atomic E-state index is 0.0777. The molecule has 1 fully saturated rings. The zero-order valence-electron chi connectivity index (χ0n) is 22.3. The smallest absolute Gasteiger partial charge is 0.203 e. The van der Waals surface area contributed by atoms with Crippen molar-refractivity contribution in [3.8, 4) is 0 Å². The highest BCUT2D eigenvalue weighted by Crippen LogP contribution is 2.40. The third-order valence-corrected chi connectivity index (χ3v) is 8.45. The van der Waals surface area contributed by atoms with Crippen molar-refractivity contribution in [3.05, 3.63) is 119 Å². The zero-order chi connectivity index (χ0) is 26.5. The molecule has 0 bridgehead atoms. The maximum absolute atomic E-state index is 6.20. The Hall–Kier alpha value is -4.03. The highest BCUT2D eigenvalue weighted by Gasteiger charge is 2.35. The van der Waals surface area contributed by atoms with E-state index in [-0.39, 0.29) is 11.5 Å². The number of rotatable bonds is 9. The first-order valence-corrected chi connectivity index (χ1v) is 14.0. The van der Waals surface area contributed by atoms with E-state index in [1.54, 1.807) is 0 Å². The lowest BCUT2D eigenvalue weighted by molar-refractivity contribution is 0.212. The molecular weight excluding hydrogens is 480 g/mol. The van der Waals surface area contributed by atoms with Crippen LogP contribution in [0.15, 0.2) is 97.1 Å². The molecule has 0 spiro atoms. The van der Waals surface area contributed by atoms with Crippen LogP contribution in [0.5, 0.6) is 0 Å². The molecule has 0 radical (unpaired) electrons. The van der Waals surface area contributed by atoms with Gasteiger partial charge in [0.05, 0.1) is 0 Å². The van der Waals surface area contributed by atoms with E-state index in [1.165, 1.54) is 29.5 Å². The third kappa shape index (κ3) is 5.71. The fraction of sp³-hybridized carbons (Fsp3) is 0.303. The number of nitrogen functional groups attached to an aromatic ring is 1. The number of aromatic nitrogens is 4. The van der Waals surface area contributed by atoms with Crippen LogP contribution in [0.4, 0.5) is 5.82 Å². The number of aromatic amines is 1. The Kier molecular flexibility index (Phi) is 7.37. The minimum Gasteiger partial charge on any atom is -0.384 e. The summed E-state index contributed by atoms with van der Waals surface area (Å²) in [7, 11) is 0. The van der Waals surface area contributed by atoms with E-state index in [9.17, 15) is 0 Å². The summed E-state index contributed by atoms with van der Waals surface area (Å²) in [6.07, 6.45) is 6.69. The van der Waals surface area contributed by atoms with Gasteiger partial charge in [0.25, 0.3) is 0 Å². The number of fused-ring (bicyclic) bond motifs is 1. The third-order valence-electron chi connectivity index (χ3n) is 8.45. The maximum Gasteiger partial charge on any atom is 0.203 e. The van der Waals surface area contributed by atoms with Gasteiger partial charge in [0.2, 0.25) is 5.65 Å². The number of hydrogen-bond donors (Lipinski definition) is 3. The number of anilines is 1. The molecule has 2 aromatic heterocycles. The summed E-state index contributed by atoms with van der Waals surface area (Å²) in [5, 5.41) is 15.5. The standard InChI is InChI=1S/C33H36N6/c34-30-22-29(31-32(36-30)38-39-37-31)28(27-14-8-3-9-15-27)18-21-35-33(23-24-10-4-1-5-11-24)19-16-26(17-20-33)25-12-6-2-7-13-25/h1-15,22,26,28,35H,16-21,23H2,(H3,34,36,37,38,39). The Morgan fingerprint density at radius 3 is 2.26 bits per heavy atom. The van der Waals surface area contributed by atoms with Gasteiger partial charge in [-0.1, -0.05) is 91.0 Å². The summed E-state index contributed by atoms with van der Waals surface area (Å²) in [5.41, 5.74) is 12.8. The first-order valence-electron chi connectivity index (χ1n) is 14.0. The van der Waals surface area contributed by atoms with Crippen LogP contribution in [0.2, 0.25) is 0 Å². The zero-order valence-corrected chi connectivity index (χ0v) is 22.3. The maximum atomic E-state index is 6.20. The van der Waals surface area contributed by atoms with Crippen molar-refractivity contribution in [1.82, 2.24) is 25.7 Å². The number of nitrogens with one attached hydrogen (secondary N) is 2. The number of hydrogen-bond acceptors (Lipinski definition) is 5. The molecule has 0 saturated heterocycles. The minimum atomic E-state index is 0.0777. The van der Waals surface area contributed by atoms with Crippen LogP contribution < -0.4 is 11.1 Å². The number of nitrogens with two attached hydrogens (primary N) is 1. The van der Waals surface area contributed by atoms with Crippen molar-refractivity contribution in [3.63, 3.8) is 0 Å². The van der Waals surface area contributed by atoms with Crippen molar-refractivity contribution < 1.29 is 0 Å². The second-order valence-electron chi connectivity index (χ2n) is 10.9. The number of H-pyrrole nitrogens is 1. The molecule has 0 amide bonds. The van der Waals surface area contributed by atoms with E-state index in [1.807, 2.05) is 6.07 Å². The Labute approximate surface area is 230 Å². The molecular formula is C33H36N6. The Morgan fingerprint density at radius 1 is 0.872 bits per heavy atom. The first kappa shape index (κ1) is 25.3. The molecule has 5 aromatic rings. The Morgan fingerprint density at radius 2 is 1.54 bits per heavy atom. The van der Waals surface area contributed by atoms with Crippen LogP contribution in [0.3, 0.4) is 0 Å². The molecule has 6 nitrogen and oxygen atoms in total. The molecule has 6 rings (SSSR count). The van der Waals surface area contributed by atoms with Gasteiger partial charge in [-0.3, -0.25) is 0 Å². The van der Waals surface area contributed by atoms with Gasteiger partial charge in [0.1, 0.15) is 11.3 Å². The molecule has 1 aliphatic carbocycles. The van der Waals surface area contributed by atoms with Gasteiger partial charge >= 0.3 is 0 Å². The van der Waals surface area contributed by atoms with Gasteiger partial charge in [0, 0.05) is 11.5 Å². The average molecular weight is 517 g/mol. The SMILES string of the molecule is Nc1cc(C(CCNC2(Cc3ccccc3)CCC(c3ccccc3)CC2)c2ccccc2)c2n[nH]nc2n1. The predicted molar refractivity (Wildman–Crippen MR) is 158 cm³/mol. The number of pyridine rings is 1. The van der Waals surface area contributed by atoms with Gasteiger partial charge in [-0.2, -0.15) is 10.3 Å². The predicted octanol–water partition coefficient (Wildman–Crippen LogP) is 6.39. The van der Waals surface area contributed by atoms with Crippen molar-refractivity contribution in [2.45, 2.75) is 55.9 Å². The average Bonchev–Trinajstić information content (AvgIpc) is 3.46. The summed E-state index contributed by atoms with van der Waals surface area (Å²) >= 11 is 0. The summed E-state index contributed by atoms with van der Waals surface area (Å²) in [5.74, 6) is 1.24. The summed E-state index contributed by atoms with van der Waals surface area (Å²) in [6, 6.07) is 34.6. The summed E-state index contributed by atoms with van der Waals surface area (Å²) < 4.78 is 0. The Bertz CT molecular complexity index is 1470. The largest absolute Gasteiger partial charge is 0.384 e. The van der Waals surface area contributed by atoms with Gasteiger partial charge in [-0.25, -0.2) is 4.98 Å². The normalized spacial score (nSPS) is 20.2. The van der Waals surface area contributed by atoms with Crippen LogP contribution in [0.25, 0.3) is 11.2 Å². The van der Waals surface area contributed by atoms with E-state index in [4.69, 9.17) is 5.73 Å². The number of benzene rings is 3. The highest BCUT2D eigenvalue weighted by atomic mass is 15.3. The molecule has 6 heteroatoms. The fourth-order valence-electron chi connectivity index (χ4n) is 6.45. The van der Waals surface area contributed by atoms with Crippen LogP contribution in [-0.4, -0.2) is 32.5 Å². The van der Waals surface area contributed by atoms with Gasteiger partial charge in [-0.05, 0) is 79.3 Å². The topological polar surface area (TPSA) is 92.5 Å². The van der Waals surface area contributed by atoms with Crippen LogP contribution in [-0.2, 0) is 6.42 Å². The van der Waals surface area contributed by atoms with Crippen molar-refractivity contribution in [2.24, 2.45) is 0 Å². The molecule has 1 saturated carbocycles. The Balaban J connectivity index is 1.24. The van der Waals surface area contributed by atoms with Crippen molar-refractivity contribution >= 4 is 17.0 Å². The highest BCUT2D eigenvalue weighted by molar-refractivity contribution is 5.77. The van der Waals surface area contributed by atoms with E-state index < -0.39 is 0 Å². The monoisotopic (exact) mass is 516 g/mol. The second-order valence-corrected chi connectivity index (χ2v) is 10.9. The number of nitrogens with zero attached hydrogens (tertiary/aromatic N) is 3.